The van der Waals surface area contributed by atoms with Crippen LogP contribution in [0.3, 0.4) is 0 Å². The molecular weight excluding hydrogens is 330 g/mol. The molecule has 1 aliphatic heterocycles. The van der Waals surface area contributed by atoms with Crippen molar-refractivity contribution in [3.63, 3.8) is 0 Å². The van der Waals surface area contributed by atoms with Gasteiger partial charge in [-0.15, -0.1) is 0 Å². The Balaban J connectivity index is 2.11. The lowest BCUT2D eigenvalue weighted by Gasteiger charge is -2.36. The molecule has 0 unspecified atom stereocenters. The first-order chi connectivity index (χ1) is 12.7. The zero-order valence-corrected chi connectivity index (χ0v) is 16.3. The molecule has 0 radical (unpaired) electrons. The van der Waals surface area contributed by atoms with E-state index in [2.05, 4.69) is 29.7 Å². The number of methoxy groups -OCH3 is 1. The maximum absolute atomic E-state index is 5.62. The Morgan fingerprint density at radius 2 is 1.88 bits per heavy atom. The van der Waals surface area contributed by atoms with Crippen LogP contribution < -0.4 is 15.4 Å². The summed E-state index contributed by atoms with van der Waals surface area (Å²) in [6.07, 6.45) is 1.95. The molecule has 6 heteroatoms. The molecule has 26 heavy (non-hydrogen) atoms. The molecule has 0 bridgehead atoms. The predicted octanol–water partition coefficient (Wildman–Crippen LogP) is 2.33. The molecule has 2 rings (SSSR count). The molecule has 1 fully saturated rings. The van der Waals surface area contributed by atoms with Gasteiger partial charge < -0.3 is 24.8 Å². The zero-order valence-electron chi connectivity index (χ0n) is 16.3. The molecule has 2 N–H and O–H groups in total. The second-order valence-corrected chi connectivity index (χ2v) is 6.44. The number of hydrogen-bond donors (Lipinski definition) is 2. The van der Waals surface area contributed by atoms with Crippen molar-refractivity contribution < 1.29 is 14.2 Å². The summed E-state index contributed by atoms with van der Waals surface area (Å²) in [7, 11) is 1.69. The van der Waals surface area contributed by atoms with Gasteiger partial charge in [-0.1, -0.05) is 12.1 Å². The van der Waals surface area contributed by atoms with Gasteiger partial charge in [-0.05, 0) is 44.4 Å². The van der Waals surface area contributed by atoms with E-state index in [1.807, 2.05) is 19.1 Å². The van der Waals surface area contributed by atoms with E-state index < -0.39 is 0 Å². The third-order valence-electron chi connectivity index (χ3n) is 4.78. The van der Waals surface area contributed by atoms with Crippen LogP contribution in [0.25, 0.3) is 0 Å². The van der Waals surface area contributed by atoms with E-state index in [9.17, 15) is 0 Å². The quantitative estimate of drug-likeness (QED) is 0.401. The number of ether oxygens (including phenoxy) is 3. The van der Waals surface area contributed by atoms with Crippen molar-refractivity contribution in [1.29, 1.82) is 0 Å². The molecule has 1 aliphatic rings. The van der Waals surface area contributed by atoms with E-state index in [-0.39, 0.29) is 5.41 Å². The predicted molar refractivity (Wildman–Crippen MR) is 105 cm³/mol. The van der Waals surface area contributed by atoms with Crippen molar-refractivity contribution in [2.45, 2.75) is 32.1 Å². The first kappa shape index (κ1) is 20.5. The molecule has 0 spiro atoms. The summed E-state index contributed by atoms with van der Waals surface area (Å²) in [5.41, 5.74) is 1.31. The Kier molecular flexibility index (Phi) is 8.71. The average molecular weight is 364 g/mol. The second kappa shape index (κ2) is 11.0. The van der Waals surface area contributed by atoms with E-state index in [1.54, 1.807) is 7.11 Å². The fourth-order valence-corrected chi connectivity index (χ4v) is 3.20. The fourth-order valence-electron chi connectivity index (χ4n) is 3.20. The molecule has 1 heterocycles. The summed E-state index contributed by atoms with van der Waals surface area (Å²) in [5.74, 6) is 1.72. The van der Waals surface area contributed by atoms with E-state index in [4.69, 9.17) is 19.2 Å². The van der Waals surface area contributed by atoms with Crippen LogP contribution in [0.15, 0.2) is 29.3 Å². The van der Waals surface area contributed by atoms with E-state index in [0.29, 0.717) is 6.61 Å². The lowest BCUT2D eigenvalue weighted by atomic mass is 9.74. The van der Waals surface area contributed by atoms with Gasteiger partial charge in [0, 0.05) is 38.3 Å². The minimum atomic E-state index is 0.00674. The maximum Gasteiger partial charge on any atom is 0.191 e. The lowest BCUT2D eigenvalue weighted by molar-refractivity contribution is 0.0531. The van der Waals surface area contributed by atoms with Crippen LogP contribution in [-0.4, -0.2) is 59.1 Å². The third kappa shape index (κ3) is 5.88. The van der Waals surface area contributed by atoms with Crippen LogP contribution in [0.1, 0.15) is 32.3 Å². The number of rotatable bonds is 9. The highest BCUT2D eigenvalue weighted by Crippen LogP contribution is 2.36. The molecular formula is C20H33N3O3. The maximum atomic E-state index is 5.62. The Morgan fingerprint density at radius 1 is 1.15 bits per heavy atom. The molecule has 146 valence electrons. The van der Waals surface area contributed by atoms with Crippen LogP contribution in [0, 0.1) is 0 Å². The number of nitrogens with zero attached hydrogens (tertiary/aromatic N) is 1. The molecule has 0 aliphatic carbocycles. The first-order valence-corrected chi connectivity index (χ1v) is 9.56. The van der Waals surface area contributed by atoms with Crippen molar-refractivity contribution in [1.82, 2.24) is 10.6 Å². The van der Waals surface area contributed by atoms with Crippen LogP contribution in [0.5, 0.6) is 5.75 Å². The number of nitrogens with one attached hydrogen (secondary N) is 2. The van der Waals surface area contributed by atoms with E-state index in [0.717, 1.165) is 64.0 Å². The van der Waals surface area contributed by atoms with E-state index in [1.165, 1.54) is 5.56 Å². The third-order valence-corrected chi connectivity index (χ3v) is 4.78. The number of guanidine groups is 1. The summed E-state index contributed by atoms with van der Waals surface area (Å²) in [6, 6.07) is 8.38. The highest BCUT2D eigenvalue weighted by Gasteiger charge is 2.34. The largest absolute Gasteiger partial charge is 0.497 e. The van der Waals surface area contributed by atoms with Gasteiger partial charge in [0.05, 0.1) is 20.3 Å². The van der Waals surface area contributed by atoms with Gasteiger partial charge in [-0.25, -0.2) is 0 Å². The molecule has 1 aromatic carbocycles. The molecule has 0 amide bonds. The average Bonchev–Trinajstić information content (AvgIpc) is 2.70. The topological polar surface area (TPSA) is 64.1 Å². The molecule has 1 aromatic rings. The molecule has 0 atom stereocenters. The number of benzene rings is 1. The minimum absolute atomic E-state index is 0.00674. The second-order valence-electron chi connectivity index (χ2n) is 6.44. The standard InChI is InChI=1S/C20H33N3O3/c1-4-21-19(22-12-15-25-5-2)23-16-20(10-13-26-14-11-20)17-6-8-18(24-3)9-7-17/h6-9H,4-5,10-16H2,1-3H3,(H2,21,22,23). The highest BCUT2D eigenvalue weighted by molar-refractivity contribution is 5.79. The van der Waals surface area contributed by atoms with Gasteiger partial charge in [0.15, 0.2) is 5.96 Å². The molecule has 0 saturated carbocycles. The molecule has 0 aromatic heterocycles. The summed E-state index contributed by atoms with van der Waals surface area (Å²) in [5, 5.41) is 6.66. The Labute approximate surface area is 157 Å². The van der Waals surface area contributed by atoms with Crippen molar-refractivity contribution in [2.24, 2.45) is 4.99 Å². The number of hydrogen-bond acceptors (Lipinski definition) is 4. The fraction of sp³-hybridized carbons (Fsp3) is 0.650. The van der Waals surface area contributed by atoms with Crippen molar-refractivity contribution in [3.05, 3.63) is 29.8 Å². The van der Waals surface area contributed by atoms with Gasteiger partial charge in [0.2, 0.25) is 0 Å². The molecule has 6 nitrogen and oxygen atoms in total. The smallest absolute Gasteiger partial charge is 0.191 e. The van der Waals surface area contributed by atoms with Gasteiger partial charge in [0.25, 0.3) is 0 Å². The number of aliphatic imine (C=N–C) groups is 1. The van der Waals surface area contributed by atoms with Gasteiger partial charge in [-0.2, -0.15) is 0 Å². The van der Waals surface area contributed by atoms with Crippen LogP contribution in [0.4, 0.5) is 0 Å². The van der Waals surface area contributed by atoms with Gasteiger partial charge in [-0.3, -0.25) is 4.99 Å². The van der Waals surface area contributed by atoms with E-state index >= 15 is 0 Å². The van der Waals surface area contributed by atoms with Crippen LogP contribution in [-0.2, 0) is 14.9 Å². The lowest BCUT2D eigenvalue weighted by Crippen LogP contribution is -2.42. The minimum Gasteiger partial charge on any atom is -0.497 e. The van der Waals surface area contributed by atoms with Gasteiger partial charge in [0.1, 0.15) is 5.75 Å². The van der Waals surface area contributed by atoms with Crippen LogP contribution >= 0.6 is 0 Å². The zero-order chi connectivity index (χ0) is 18.7. The van der Waals surface area contributed by atoms with Gasteiger partial charge >= 0.3 is 0 Å². The Bertz CT molecular complexity index is 540. The first-order valence-electron chi connectivity index (χ1n) is 9.56. The normalized spacial score (nSPS) is 17.0. The summed E-state index contributed by atoms with van der Waals surface area (Å²) >= 11 is 0. The van der Waals surface area contributed by atoms with Crippen molar-refractivity contribution >= 4 is 5.96 Å². The molecule has 1 saturated heterocycles. The SMILES string of the molecule is CCNC(=NCC1(c2ccc(OC)cc2)CCOCC1)NCCOCC. The summed E-state index contributed by atoms with van der Waals surface area (Å²) in [4.78, 5) is 4.88. The van der Waals surface area contributed by atoms with Crippen molar-refractivity contribution in [3.8, 4) is 5.75 Å². The van der Waals surface area contributed by atoms with Crippen molar-refractivity contribution in [2.75, 3.05) is 53.2 Å². The Hall–Kier alpha value is -1.79. The highest BCUT2D eigenvalue weighted by atomic mass is 16.5. The summed E-state index contributed by atoms with van der Waals surface area (Å²) in [6.45, 7) is 9.35. The monoisotopic (exact) mass is 363 g/mol. The summed E-state index contributed by atoms with van der Waals surface area (Å²) < 4.78 is 16.3. The van der Waals surface area contributed by atoms with Crippen LogP contribution in [0.2, 0.25) is 0 Å². The Morgan fingerprint density at radius 3 is 2.50 bits per heavy atom.